The Balaban J connectivity index is 2.18. The second-order valence-electron chi connectivity index (χ2n) is 3.23. The van der Waals surface area contributed by atoms with Gasteiger partial charge in [0.05, 0.1) is 7.11 Å². The number of esters is 1. The van der Waals surface area contributed by atoms with Gasteiger partial charge in [0.15, 0.2) is 6.54 Å². The van der Waals surface area contributed by atoms with E-state index < -0.39 is 5.97 Å². The number of benzene rings is 1. The number of hydrogen-bond donors (Lipinski definition) is 0. The average Bonchev–Trinajstić information content (AvgIpc) is 2.78. The van der Waals surface area contributed by atoms with Gasteiger partial charge >= 0.3 is 5.97 Å². The Labute approximate surface area is 106 Å². The summed E-state index contributed by atoms with van der Waals surface area (Å²) in [5.74, 6) is 0.0613. The summed E-state index contributed by atoms with van der Waals surface area (Å²) >= 11 is 3.34. The van der Waals surface area contributed by atoms with E-state index in [2.05, 4.69) is 36.1 Å². The quantitative estimate of drug-likeness (QED) is 0.798. The van der Waals surface area contributed by atoms with Crippen molar-refractivity contribution in [3.63, 3.8) is 0 Å². The number of carbonyl (C=O) groups excluding carboxylic acids is 1. The van der Waals surface area contributed by atoms with Crippen molar-refractivity contribution in [3.8, 4) is 11.4 Å². The molecule has 0 N–H and O–H groups in total. The molecule has 1 aromatic carbocycles. The summed E-state index contributed by atoms with van der Waals surface area (Å²) in [6, 6.07) is 7.50. The molecular formula is C10H9BrN4O2. The first kappa shape index (κ1) is 11.7. The molecule has 0 spiro atoms. The Morgan fingerprint density at radius 1 is 1.41 bits per heavy atom. The van der Waals surface area contributed by atoms with Crippen LogP contribution in [0.1, 0.15) is 0 Å². The third kappa shape index (κ3) is 2.88. The number of hydrogen-bond acceptors (Lipinski definition) is 5. The van der Waals surface area contributed by atoms with Crippen molar-refractivity contribution in [2.75, 3.05) is 7.11 Å². The van der Waals surface area contributed by atoms with E-state index >= 15 is 0 Å². The zero-order valence-electron chi connectivity index (χ0n) is 9.00. The molecule has 0 saturated heterocycles. The lowest BCUT2D eigenvalue weighted by Gasteiger charge is -1.96. The topological polar surface area (TPSA) is 69.9 Å². The van der Waals surface area contributed by atoms with Crippen LogP contribution < -0.4 is 0 Å². The number of methoxy groups -OCH3 is 1. The summed E-state index contributed by atoms with van der Waals surface area (Å²) in [5, 5.41) is 11.7. The normalized spacial score (nSPS) is 10.2. The van der Waals surface area contributed by atoms with Crippen molar-refractivity contribution < 1.29 is 9.53 Å². The van der Waals surface area contributed by atoms with Crippen LogP contribution in [-0.4, -0.2) is 33.3 Å². The van der Waals surface area contributed by atoms with Gasteiger partial charge in [-0.1, -0.05) is 15.9 Å². The first-order chi connectivity index (χ1) is 8.19. The molecule has 0 radical (unpaired) electrons. The highest BCUT2D eigenvalue weighted by molar-refractivity contribution is 9.10. The van der Waals surface area contributed by atoms with Crippen molar-refractivity contribution >= 4 is 21.9 Å². The van der Waals surface area contributed by atoms with Crippen molar-refractivity contribution in [1.82, 2.24) is 20.2 Å². The molecule has 0 atom stereocenters. The molecular weight excluding hydrogens is 288 g/mol. The highest BCUT2D eigenvalue weighted by atomic mass is 79.9. The molecule has 2 rings (SSSR count). The van der Waals surface area contributed by atoms with Crippen LogP contribution in [-0.2, 0) is 16.1 Å². The van der Waals surface area contributed by atoms with Crippen LogP contribution in [0.25, 0.3) is 11.4 Å². The summed E-state index contributed by atoms with van der Waals surface area (Å²) in [6.07, 6.45) is 0. The molecule has 6 nitrogen and oxygen atoms in total. The standard InChI is InChI=1S/C10H9BrN4O2/c1-17-9(16)6-15-13-10(12-14-15)7-2-4-8(11)5-3-7/h2-5H,6H2,1H3. The van der Waals surface area contributed by atoms with E-state index in [1.54, 1.807) is 0 Å². The smallest absolute Gasteiger partial charge is 0.329 e. The number of ether oxygens (including phenoxy) is 1. The predicted molar refractivity (Wildman–Crippen MR) is 63.0 cm³/mol. The summed E-state index contributed by atoms with van der Waals surface area (Å²) in [6.45, 7) is -0.0416. The van der Waals surface area contributed by atoms with Crippen molar-refractivity contribution in [2.45, 2.75) is 6.54 Å². The SMILES string of the molecule is COC(=O)Cn1nnc(-c2ccc(Br)cc2)n1. The van der Waals surface area contributed by atoms with Gasteiger partial charge in [0.25, 0.3) is 0 Å². The Kier molecular flexibility index (Phi) is 3.48. The van der Waals surface area contributed by atoms with Gasteiger partial charge < -0.3 is 4.74 Å². The molecule has 2 aromatic rings. The van der Waals surface area contributed by atoms with Gasteiger partial charge in [0.2, 0.25) is 5.82 Å². The van der Waals surface area contributed by atoms with Crippen LogP contribution in [0, 0.1) is 0 Å². The molecule has 0 amide bonds. The molecule has 0 unspecified atom stereocenters. The minimum absolute atomic E-state index is 0.0416. The molecule has 0 saturated carbocycles. The fraction of sp³-hybridized carbons (Fsp3) is 0.200. The second-order valence-corrected chi connectivity index (χ2v) is 4.14. The van der Waals surface area contributed by atoms with Crippen molar-refractivity contribution in [1.29, 1.82) is 0 Å². The van der Waals surface area contributed by atoms with Gasteiger partial charge in [0, 0.05) is 10.0 Å². The number of tetrazole rings is 1. The molecule has 1 aromatic heterocycles. The summed E-state index contributed by atoms with van der Waals surface area (Å²) in [5.41, 5.74) is 0.837. The number of carbonyl (C=O) groups is 1. The molecule has 1 heterocycles. The lowest BCUT2D eigenvalue weighted by molar-refractivity contribution is -0.141. The maximum absolute atomic E-state index is 11.0. The molecule has 17 heavy (non-hydrogen) atoms. The molecule has 7 heteroatoms. The van der Waals surface area contributed by atoms with Gasteiger partial charge in [0.1, 0.15) is 0 Å². The molecule has 0 aliphatic carbocycles. The van der Waals surface area contributed by atoms with E-state index in [1.807, 2.05) is 24.3 Å². The number of halogens is 1. The van der Waals surface area contributed by atoms with Gasteiger partial charge in [-0.2, -0.15) is 4.80 Å². The molecule has 0 bridgehead atoms. The first-order valence-electron chi connectivity index (χ1n) is 4.79. The highest BCUT2D eigenvalue weighted by Gasteiger charge is 2.08. The number of nitrogens with zero attached hydrogens (tertiary/aromatic N) is 4. The number of rotatable bonds is 3. The predicted octanol–water partition coefficient (Wildman–Crippen LogP) is 1.28. The summed E-state index contributed by atoms with van der Waals surface area (Å²) in [7, 11) is 1.31. The maximum Gasteiger partial charge on any atom is 0.329 e. The summed E-state index contributed by atoms with van der Waals surface area (Å²) in [4.78, 5) is 12.2. The molecule has 0 fully saturated rings. The Bertz CT molecular complexity index is 523. The zero-order chi connectivity index (χ0) is 12.3. The van der Waals surface area contributed by atoms with E-state index in [0.29, 0.717) is 5.82 Å². The third-order valence-corrected chi connectivity index (χ3v) is 2.58. The molecule has 88 valence electrons. The Morgan fingerprint density at radius 2 is 2.12 bits per heavy atom. The van der Waals surface area contributed by atoms with Crippen LogP contribution in [0.4, 0.5) is 0 Å². The van der Waals surface area contributed by atoms with Gasteiger partial charge in [-0.25, -0.2) is 4.79 Å². The van der Waals surface area contributed by atoms with E-state index in [9.17, 15) is 4.79 Å². The summed E-state index contributed by atoms with van der Waals surface area (Å²) < 4.78 is 5.49. The largest absolute Gasteiger partial charge is 0.468 e. The minimum Gasteiger partial charge on any atom is -0.468 e. The lowest BCUT2D eigenvalue weighted by Crippen LogP contribution is -2.14. The fourth-order valence-electron chi connectivity index (χ4n) is 1.20. The van der Waals surface area contributed by atoms with Gasteiger partial charge in [-0.15, -0.1) is 10.2 Å². The fourth-order valence-corrected chi connectivity index (χ4v) is 1.47. The highest BCUT2D eigenvalue weighted by Crippen LogP contribution is 2.17. The Hall–Kier alpha value is -1.76. The van der Waals surface area contributed by atoms with Crippen molar-refractivity contribution in [3.05, 3.63) is 28.7 Å². The average molecular weight is 297 g/mol. The molecule has 0 aliphatic heterocycles. The van der Waals surface area contributed by atoms with Crippen LogP contribution in [0.3, 0.4) is 0 Å². The van der Waals surface area contributed by atoms with E-state index in [1.165, 1.54) is 11.9 Å². The second kappa shape index (κ2) is 5.05. The van der Waals surface area contributed by atoms with Crippen LogP contribution in [0.2, 0.25) is 0 Å². The number of aromatic nitrogens is 4. The zero-order valence-corrected chi connectivity index (χ0v) is 10.6. The maximum atomic E-state index is 11.0. The van der Waals surface area contributed by atoms with Crippen LogP contribution in [0.15, 0.2) is 28.7 Å². The van der Waals surface area contributed by atoms with E-state index in [-0.39, 0.29) is 6.54 Å². The molecule has 0 aliphatic rings. The Morgan fingerprint density at radius 3 is 2.76 bits per heavy atom. The van der Waals surface area contributed by atoms with Crippen LogP contribution in [0.5, 0.6) is 0 Å². The van der Waals surface area contributed by atoms with Crippen molar-refractivity contribution in [2.24, 2.45) is 0 Å². The minimum atomic E-state index is -0.412. The van der Waals surface area contributed by atoms with E-state index in [0.717, 1.165) is 10.0 Å². The third-order valence-electron chi connectivity index (χ3n) is 2.05. The lowest BCUT2D eigenvalue weighted by atomic mass is 10.2. The first-order valence-corrected chi connectivity index (χ1v) is 5.59. The van der Waals surface area contributed by atoms with Gasteiger partial charge in [-0.3, -0.25) is 0 Å². The van der Waals surface area contributed by atoms with E-state index in [4.69, 9.17) is 0 Å². The van der Waals surface area contributed by atoms with Crippen LogP contribution >= 0.6 is 15.9 Å². The van der Waals surface area contributed by atoms with Gasteiger partial charge in [-0.05, 0) is 29.5 Å². The monoisotopic (exact) mass is 296 g/mol.